The normalized spacial score (nSPS) is 11.3. The van der Waals surface area contributed by atoms with E-state index in [2.05, 4.69) is 11.9 Å². The van der Waals surface area contributed by atoms with E-state index in [1.807, 2.05) is 13.0 Å². The van der Waals surface area contributed by atoms with Crippen LogP contribution in [0.1, 0.15) is 22.8 Å². The lowest BCUT2D eigenvalue weighted by Crippen LogP contribution is -2.35. The summed E-state index contributed by atoms with van der Waals surface area (Å²) in [5, 5.41) is 2.56. The van der Waals surface area contributed by atoms with Crippen LogP contribution in [-0.4, -0.2) is 31.6 Å². The minimum atomic E-state index is -0.882. The number of aryl methyl sites for hydroxylation is 1. The topological polar surface area (TPSA) is 64.6 Å². The molecule has 0 aliphatic carbocycles. The average molecular weight is 277 g/mol. The van der Waals surface area contributed by atoms with E-state index >= 15 is 0 Å². The number of hydrogen-bond acceptors (Lipinski definition) is 4. The average Bonchev–Trinajstić information content (AvgIpc) is 2.44. The third-order valence-electron chi connectivity index (χ3n) is 2.65. The minimum Gasteiger partial charge on any atom is -0.496 e. The third kappa shape index (κ3) is 4.12. The highest BCUT2D eigenvalue weighted by Gasteiger charge is 2.20. The molecule has 0 bridgehead atoms. The highest BCUT2D eigenvalue weighted by molar-refractivity contribution is 5.94. The van der Waals surface area contributed by atoms with Crippen LogP contribution in [-0.2, 0) is 9.53 Å². The maximum absolute atomic E-state index is 12.1. The zero-order chi connectivity index (χ0) is 15.1. The van der Waals surface area contributed by atoms with Crippen molar-refractivity contribution in [3.05, 3.63) is 42.0 Å². The molecule has 0 heterocycles. The largest absolute Gasteiger partial charge is 0.496 e. The van der Waals surface area contributed by atoms with E-state index in [4.69, 9.17) is 9.47 Å². The number of benzene rings is 1. The molecule has 1 atom stereocenters. The molecule has 108 valence electrons. The molecule has 0 aromatic heterocycles. The summed E-state index contributed by atoms with van der Waals surface area (Å²) in [4.78, 5) is 23.7. The van der Waals surface area contributed by atoms with Gasteiger partial charge in [0.2, 0.25) is 0 Å². The number of carbonyl (C=O) groups is 2. The molecular weight excluding hydrogens is 258 g/mol. The van der Waals surface area contributed by atoms with Crippen LogP contribution in [0, 0.1) is 6.92 Å². The summed E-state index contributed by atoms with van der Waals surface area (Å²) in [5.74, 6) is -0.545. The first kappa shape index (κ1) is 15.8. The Bertz CT molecular complexity index is 511. The van der Waals surface area contributed by atoms with Crippen LogP contribution >= 0.6 is 0 Å². The summed E-state index contributed by atoms with van der Waals surface area (Å²) in [7, 11) is 1.47. The van der Waals surface area contributed by atoms with Gasteiger partial charge in [-0.05, 0) is 26.0 Å². The van der Waals surface area contributed by atoms with Gasteiger partial charge in [-0.15, -0.1) is 6.58 Å². The molecule has 1 rings (SSSR count). The van der Waals surface area contributed by atoms with Crippen LogP contribution in [0.4, 0.5) is 0 Å². The molecule has 1 aromatic carbocycles. The first-order chi connectivity index (χ1) is 9.49. The number of rotatable bonds is 6. The number of carbonyl (C=O) groups excluding carboxylic acids is 2. The summed E-state index contributed by atoms with van der Waals surface area (Å²) < 4.78 is 10.2. The summed E-state index contributed by atoms with van der Waals surface area (Å²) in [5.41, 5.74) is 1.21. The Kier molecular flexibility index (Phi) is 5.77. The standard InChI is InChI=1S/C15H19NO4/c1-5-8-16-14(17)11(3)20-15(18)12-9-10(2)6-7-13(12)19-4/h5-7,9,11H,1,8H2,2-4H3,(H,16,17)/t11-/m0/s1. The van der Waals surface area contributed by atoms with Crippen LogP contribution in [0.3, 0.4) is 0 Å². The van der Waals surface area contributed by atoms with E-state index in [1.54, 1.807) is 18.2 Å². The molecule has 1 amide bonds. The Labute approximate surface area is 118 Å². The number of hydrogen-bond donors (Lipinski definition) is 1. The van der Waals surface area contributed by atoms with Crippen molar-refractivity contribution in [3.8, 4) is 5.75 Å². The molecule has 0 fully saturated rings. The molecule has 0 aliphatic rings. The molecular formula is C15H19NO4. The quantitative estimate of drug-likeness (QED) is 0.636. The number of ether oxygens (including phenoxy) is 2. The van der Waals surface area contributed by atoms with Gasteiger partial charge in [-0.2, -0.15) is 0 Å². The van der Waals surface area contributed by atoms with E-state index in [1.165, 1.54) is 14.0 Å². The fraction of sp³-hybridized carbons (Fsp3) is 0.333. The summed E-state index contributed by atoms with van der Waals surface area (Å²) >= 11 is 0. The fourth-order valence-corrected chi connectivity index (χ4v) is 1.58. The predicted molar refractivity (Wildman–Crippen MR) is 75.8 cm³/mol. The smallest absolute Gasteiger partial charge is 0.342 e. The van der Waals surface area contributed by atoms with Gasteiger partial charge in [0.15, 0.2) is 6.10 Å². The molecule has 5 nitrogen and oxygen atoms in total. The van der Waals surface area contributed by atoms with Gasteiger partial charge in [-0.1, -0.05) is 17.7 Å². The lowest BCUT2D eigenvalue weighted by Gasteiger charge is -2.14. The van der Waals surface area contributed by atoms with E-state index < -0.39 is 12.1 Å². The number of amides is 1. The second-order valence-electron chi connectivity index (χ2n) is 4.29. The molecule has 0 unspecified atom stereocenters. The van der Waals surface area contributed by atoms with Crippen molar-refractivity contribution < 1.29 is 19.1 Å². The van der Waals surface area contributed by atoms with Gasteiger partial charge in [0.05, 0.1) is 7.11 Å². The van der Waals surface area contributed by atoms with Gasteiger partial charge >= 0.3 is 5.97 Å². The van der Waals surface area contributed by atoms with Crippen LogP contribution < -0.4 is 10.1 Å². The highest BCUT2D eigenvalue weighted by atomic mass is 16.5. The molecule has 20 heavy (non-hydrogen) atoms. The van der Waals surface area contributed by atoms with Crippen molar-refractivity contribution >= 4 is 11.9 Å². The molecule has 1 N–H and O–H groups in total. The Hall–Kier alpha value is -2.30. The van der Waals surface area contributed by atoms with Crippen LogP contribution in [0.5, 0.6) is 5.75 Å². The molecule has 0 spiro atoms. The van der Waals surface area contributed by atoms with E-state index in [0.29, 0.717) is 17.9 Å². The monoisotopic (exact) mass is 277 g/mol. The van der Waals surface area contributed by atoms with Crippen molar-refractivity contribution in [1.82, 2.24) is 5.32 Å². The Morgan fingerprint density at radius 3 is 2.75 bits per heavy atom. The second kappa shape index (κ2) is 7.33. The molecule has 0 radical (unpaired) electrons. The van der Waals surface area contributed by atoms with Crippen molar-refractivity contribution in [1.29, 1.82) is 0 Å². The van der Waals surface area contributed by atoms with Gasteiger partial charge in [-0.25, -0.2) is 4.79 Å². The number of nitrogens with one attached hydrogen (secondary N) is 1. The lowest BCUT2D eigenvalue weighted by molar-refractivity contribution is -0.128. The Morgan fingerprint density at radius 1 is 1.45 bits per heavy atom. The van der Waals surface area contributed by atoms with Gasteiger partial charge < -0.3 is 14.8 Å². The third-order valence-corrected chi connectivity index (χ3v) is 2.65. The van der Waals surface area contributed by atoms with Crippen molar-refractivity contribution in [2.45, 2.75) is 20.0 Å². The van der Waals surface area contributed by atoms with Crippen LogP contribution in [0.2, 0.25) is 0 Å². The second-order valence-corrected chi connectivity index (χ2v) is 4.29. The molecule has 0 saturated heterocycles. The van der Waals surface area contributed by atoms with Crippen LogP contribution in [0.25, 0.3) is 0 Å². The van der Waals surface area contributed by atoms with E-state index in [9.17, 15) is 9.59 Å². The minimum absolute atomic E-state index is 0.302. The molecule has 5 heteroatoms. The van der Waals surface area contributed by atoms with Crippen molar-refractivity contribution in [2.75, 3.05) is 13.7 Å². The number of methoxy groups -OCH3 is 1. The zero-order valence-corrected chi connectivity index (χ0v) is 11.9. The van der Waals surface area contributed by atoms with Crippen LogP contribution in [0.15, 0.2) is 30.9 Å². The zero-order valence-electron chi connectivity index (χ0n) is 11.9. The van der Waals surface area contributed by atoms with Gasteiger partial charge in [0.1, 0.15) is 11.3 Å². The van der Waals surface area contributed by atoms with Crippen molar-refractivity contribution in [2.24, 2.45) is 0 Å². The SMILES string of the molecule is C=CCNC(=O)[C@H](C)OC(=O)c1cc(C)ccc1OC. The summed E-state index contributed by atoms with van der Waals surface area (Å²) in [6, 6.07) is 5.18. The van der Waals surface area contributed by atoms with Gasteiger partial charge in [0, 0.05) is 6.54 Å². The predicted octanol–water partition coefficient (Wildman–Crippen LogP) is 1.85. The maximum atomic E-state index is 12.1. The Morgan fingerprint density at radius 2 is 2.15 bits per heavy atom. The number of esters is 1. The highest BCUT2D eigenvalue weighted by Crippen LogP contribution is 2.21. The molecule has 1 aromatic rings. The summed E-state index contributed by atoms with van der Waals surface area (Å²) in [6.07, 6.45) is 0.670. The van der Waals surface area contributed by atoms with E-state index in [0.717, 1.165) is 5.56 Å². The lowest BCUT2D eigenvalue weighted by atomic mass is 10.1. The van der Waals surface area contributed by atoms with Crippen molar-refractivity contribution in [3.63, 3.8) is 0 Å². The first-order valence-electron chi connectivity index (χ1n) is 6.23. The first-order valence-corrected chi connectivity index (χ1v) is 6.23. The van der Waals surface area contributed by atoms with Gasteiger partial charge in [0.25, 0.3) is 5.91 Å². The van der Waals surface area contributed by atoms with E-state index in [-0.39, 0.29) is 5.91 Å². The fourth-order valence-electron chi connectivity index (χ4n) is 1.58. The summed E-state index contributed by atoms with van der Waals surface area (Å²) in [6.45, 7) is 7.19. The molecule has 0 aliphatic heterocycles. The van der Waals surface area contributed by atoms with Gasteiger partial charge in [-0.3, -0.25) is 4.79 Å². The Balaban J connectivity index is 2.78. The maximum Gasteiger partial charge on any atom is 0.342 e. The molecule has 0 saturated carbocycles.